The minimum Gasteiger partial charge on any atom is -0.494 e. The summed E-state index contributed by atoms with van der Waals surface area (Å²) in [6, 6.07) is 23.4. The molecular formula is C36H34F3N3O6S. The number of hydrogen-bond donors (Lipinski definition) is 0. The number of carbonyl (C=O) groups excluding carboxylic acids is 2. The summed E-state index contributed by atoms with van der Waals surface area (Å²) in [5, 5.41) is 0. The van der Waals surface area contributed by atoms with Crippen LogP contribution in [-0.2, 0) is 23.1 Å². The molecule has 9 nitrogen and oxygen atoms in total. The van der Waals surface area contributed by atoms with Crippen molar-refractivity contribution in [2.75, 3.05) is 19.7 Å². The highest BCUT2D eigenvalue weighted by Gasteiger charge is 2.56. The number of ketones is 1. The number of ether oxygens (including phenoxy) is 2. The summed E-state index contributed by atoms with van der Waals surface area (Å²) in [7, 11) is -3.91. The van der Waals surface area contributed by atoms with E-state index in [1.807, 2.05) is 6.92 Å². The van der Waals surface area contributed by atoms with Gasteiger partial charge in [0.15, 0.2) is 5.78 Å². The Bertz CT molecular complexity index is 1880. The number of carbonyl (C=O) groups is 2. The maximum absolute atomic E-state index is 13.8. The molecule has 1 aromatic heterocycles. The Morgan fingerprint density at radius 2 is 1.49 bits per heavy atom. The lowest BCUT2D eigenvalue weighted by Crippen LogP contribution is -2.31. The van der Waals surface area contributed by atoms with Gasteiger partial charge in [-0.25, -0.2) is 8.42 Å². The molecule has 1 amide bonds. The van der Waals surface area contributed by atoms with E-state index in [2.05, 4.69) is 9.72 Å². The molecule has 2 fully saturated rings. The number of alkyl halides is 3. The summed E-state index contributed by atoms with van der Waals surface area (Å²) in [5.41, 5.74) is 2.09. The summed E-state index contributed by atoms with van der Waals surface area (Å²) in [4.78, 5) is 32.2. The highest BCUT2D eigenvalue weighted by atomic mass is 32.2. The molecule has 3 aromatic carbocycles. The number of halogens is 3. The summed E-state index contributed by atoms with van der Waals surface area (Å²) in [5.74, 6) is 0.402. The number of pyridine rings is 1. The maximum atomic E-state index is 13.8. The van der Waals surface area contributed by atoms with E-state index in [0.717, 1.165) is 12.1 Å². The predicted molar refractivity (Wildman–Crippen MR) is 173 cm³/mol. The van der Waals surface area contributed by atoms with Crippen LogP contribution in [0.5, 0.6) is 11.5 Å². The molecular weight excluding hydrogens is 659 g/mol. The number of likely N-dealkylation sites (tertiary alicyclic amines) is 1. The van der Waals surface area contributed by atoms with Crippen molar-refractivity contribution < 1.29 is 40.7 Å². The van der Waals surface area contributed by atoms with E-state index < -0.39 is 22.1 Å². The molecule has 1 saturated heterocycles. The third kappa shape index (κ3) is 8.11. The molecule has 4 aromatic rings. The van der Waals surface area contributed by atoms with Crippen LogP contribution in [0.1, 0.15) is 45.3 Å². The van der Waals surface area contributed by atoms with Crippen molar-refractivity contribution in [3.05, 3.63) is 120 Å². The Morgan fingerprint density at radius 1 is 0.857 bits per heavy atom. The molecule has 0 spiro atoms. The first-order chi connectivity index (χ1) is 23.4. The lowest BCUT2D eigenvalue weighted by Gasteiger charge is -2.22. The van der Waals surface area contributed by atoms with Gasteiger partial charge in [0.1, 0.15) is 11.5 Å². The zero-order valence-corrected chi connectivity index (χ0v) is 27.4. The molecule has 0 radical (unpaired) electrons. The molecule has 2 heterocycles. The van der Waals surface area contributed by atoms with Crippen molar-refractivity contribution in [1.29, 1.82) is 0 Å². The number of piperidine rings is 1. The number of fused-ring (bicyclic) bond motifs is 1. The normalized spacial score (nSPS) is 18.6. The Balaban J connectivity index is 1.05. The topological polar surface area (TPSA) is 106 Å². The molecule has 13 heteroatoms. The van der Waals surface area contributed by atoms with Gasteiger partial charge in [0.05, 0.1) is 23.7 Å². The van der Waals surface area contributed by atoms with Crippen molar-refractivity contribution in [1.82, 2.24) is 14.2 Å². The molecule has 256 valence electrons. The fraction of sp³-hybridized carbons (Fsp3) is 0.306. The van der Waals surface area contributed by atoms with E-state index in [4.69, 9.17) is 4.74 Å². The summed E-state index contributed by atoms with van der Waals surface area (Å²) < 4.78 is 75.5. The quantitative estimate of drug-likeness (QED) is 0.150. The van der Waals surface area contributed by atoms with Crippen molar-refractivity contribution in [3.63, 3.8) is 0 Å². The Morgan fingerprint density at radius 3 is 2.08 bits per heavy atom. The van der Waals surface area contributed by atoms with Crippen LogP contribution in [0.3, 0.4) is 0 Å². The number of sulfonamides is 1. The molecule has 6 rings (SSSR count). The Hall–Kier alpha value is -4.75. The average Bonchev–Trinajstić information content (AvgIpc) is 3.50. The van der Waals surface area contributed by atoms with Crippen LogP contribution < -0.4 is 9.47 Å². The molecule has 0 bridgehead atoms. The first kappa shape index (κ1) is 34.1. The van der Waals surface area contributed by atoms with Gasteiger partial charge in [-0.15, -0.1) is 13.2 Å². The largest absolute Gasteiger partial charge is 0.573 e. The summed E-state index contributed by atoms with van der Waals surface area (Å²) >= 11 is 0. The van der Waals surface area contributed by atoms with Gasteiger partial charge in [0.2, 0.25) is 10.0 Å². The molecule has 2 aliphatic rings. The van der Waals surface area contributed by atoms with Crippen molar-refractivity contribution in [2.45, 2.75) is 37.7 Å². The van der Waals surface area contributed by atoms with Crippen LogP contribution in [0.4, 0.5) is 13.2 Å². The van der Waals surface area contributed by atoms with Crippen LogP contribution in [0.25, 0.3) is 0 Å². The summed E-state index contributed by atoms with van der Waals surface area (Å²) in [6.45, 7) is 3.40. The van der Waals surface area contributed by atoms with Crippen molar-refractivity contribution in [3.8, 4) is 11.5 Å². The van der Waals surface area contributed by atoms with E-state index in [1.54, 1.807) is 65.7 Å². The van der Waals surface area contributed by atoms with Crippen LogP contribution in [0.15, 0.2) is 102 Å². The monoisotopic (exact) mass is 693 g/mol. The number of hydrogen-bond acceptors (Lipinski definition) is 7. The third-order valence-corrected chi connectivity index (χ3v) is 10.7. The number of Topliss-reactive ketones (excluding diaryl/α,β-unsaturated/α-hetero) is 1. The number of amides is 1. The number of rotatable bonds is 13. The standard InChI is InChI=1S/C36H34F3N3O6S/c1-2-47-28-14-16-30(17-15-28)49(45,46)42(21-27-5-3-4-18-40-27)20-24-6-8-25(9-7-24)34(43)19-31-32-22-41(23-33(31)32)35(44)26-10-12-29(13-11-26)48-36(37,38)39/h3-18,31-33H,2,19-23H2,1H3/t31?,32-,33+. The van der Waals surface area contributed by atoms with Gasteiger partial charge >= 0.3 is 6.36 Å². The third-order valence-electron chi connectivity index (χ3n) is 8.89. The van der Waals surface area contributed by atoms with Crippen molar-refractivity contribution in [2.24, 2.45) is 17.8 Å². The molecule has 1 aliphatic heterocycles. The number of benzene rings is 3. The van der Waals surface area contributed by atoms with Crippen LogP contribution in [0, 0.1) is 17.8 Å². The smallest absolute Gasteiger partial charge is 0.494 e. The molecule has 1 unspecified atom stereocenters. The van der Waals surface area contributed by atoms with Gasteiger partial charge in [0.25, 0.3) is 5.91 Å². The van der Waals surface area contributed by atoms with Gasteiger partial charge in [-0.1, -0.05) is 30.3 Å². The molecule has 0 N–H and O–H groups in total. The highest BCUT2D eigenvalue weighted by Crippen LogP contribution is 2.54. The minimum atomic E-state index is -4.81. The van der Waals surface area contributed by atoms with E-state index >= 15 is 0 Å². The molecule has 1 saturated carbocycles. The molecule has 1 aliphatic carbocycles. The number of aromatic nitrogens is 1. The van der Waals surface area contributed by atoms with Gasteiger partial charge in [-0.2, -0.15) is 4.31 Å². The van der Waals surface area contributed by atoms with Gasteiger partial charge < -0.3 is 14.4 Å². The van der Waals surface area contributed by atoms with Gasteiger partial charge in [-0.3, -0.25) is 14.6 Å². The average molecular weight is 694 g/mol. The first-order valence-corrected chi connectivity index (χ1v) is 17.3. The lowest BCUT2D eigenvalue weighted by molar-refractivity contribution is -0.274. The second-order valence-electron chi connectivity index (χ2n) is 12.1. The van der Waals surface area contributed by atoms with E-state index in [-0.39, 0.29) is 53.0 Å². The lowest BCUT2D eigenvalue weighted by atomic mass is 10.0. The Labute approximate surface area is 282 Å². The van der Waals surface area contributed by atoms with E-state index in [0.29, 0.717) is 48.7 Å². The number of nitrogens with zero attached hydrogens (tertiary/aromatic N) is 3. The maximum Gasteiger partial charge on any atom is 0.573 e. The van der Waals surface area contributed by atoms with Crippen LogP contribution in [0.2, 0.25) is 0 Å². The second-order valence-corrected chi connectivity index (χ2v) is 14.0. The predicted octanol–water partition coefficient (Wildman–Crippen LogP) is 6.36. The fourth-order valence-electron chi connectivity index (χ4n) is 6.35. The zero-order valence-electron chi connectivity index (χ0n) is 26.5. The summed E-state index contributed by atoms with van der Waals surface area (Å²) in [6.07, 6.45) is -2.86. The fourth-order valence-corrected chi connectivity index (χ4v) is 7.75. The SMILES string of the molecule is CCOc1ccc(S(=O)(=O)N(Cc2ccc(C(=O)CC3[C@H]4CN(C(=O)c5ccc(OC(F)(F)F)cc5)C[C@@H]34)cc2)Cc2ccccn2)cc1. The van der Waals surface area contributed by atoms with Crippen LogP contribution >= 0.6 is 0 Å². The molecule has 3 atom stereocenters. The zero-order chi connectivity index (χ0) is 34.8. The highest BCUT2D eigenvalue weighted by molar-refractivity contribution is 7.89. The second kappa shape index (κ2) is 14.0. The first-order valence-electron chi connectivity index (χ1n) is 15.8. The van der Waals surface area contributed by atoms with E-state index in [1.165, 1.54) is 28.6 Å². The van der Waals surface area contributed by atoms with Crippen molar-refractivity contribution >= 4 is 21.7 Å². The Kier molecular flexibility index (Phi) is 9.75. The molecule has 49 heavy (non-hydrogen) atoms. The van der Waals surface area contributed by atoms with Crippen LogP contribution in [-0.4, -0.2) is 60.4 Å². The minimum absolute atomic E-state index is 0.0311. The van der Waals surface area contributed by atoms with Gasteiger partial charge in [-0.05, 0) is 90.9 Å². The van der Waals surface area contributed by atoms with Gasteiger partial charge in [0, 0.05) is 43.4 Å². The van der Waals surface area contributed by atoms with E-state index in [9.17, 15) is 31.2 Å².